The molecule has 0 amide bonds. The minimum Gasteiger partial charge on any atom is -0.440 e. The lowest BCUT2D eigenvalue weighted by Crippen LogP contribution is -2.12. The molecule has 0 saturated carbocycles. The van der Waals surface area contributed by atoms with E-state index in [1.54, 1.807) is 0 Å². The van der Waals surface area contributed by atoms with Crippen molar-refractivity contribution >= 4 is 12.7 Å². The minimum absolute atomic E-state index is 0.612. The average Bonchev–Trinajstić information content (AvgIpc) is 2.65. The lowest BCUT2D eigenvalue weighted by molar-refractivity contribution is 0.487. The topological polar surface area (TPSA) is 26.3 Å². The first kappa shape index (κ1) is 19.8. The molecule has 0 bridgehead atoms. The van der Waals surface area contributed by atoms with Gasteiger partial charge in [-0.1, -0.05) is 88.3 Å². The fourth-order valence-corrected chi connectivity index (χ4v) is 5.17. The summed E-state index contributed by atoms with van der Waals surface area (Å²) in [7, 11) is -2.86. The molecule has 0 saturated heterocycles. The third-order valence-corrected chi connectivity index (χ3v) is 6.95. The van der Waals surface area contributed by atoms with Gasteiger partial charge in [0, 0.05) is 11.5 Å². The molecule has 0 aliphatic carbocycles. The van der Waals surface area contributed by atoms with Crippen molar-refractivity contribution in [3.8, 4) is 5.75 Å². The Kier molecular flexibility index (Phi) is 8.83. The van der Waals surface area contributed by atoms with Gasteiger partial charge in [-0.2, -0.15) is 0 Å². The maximum atomic E-state index is 13.5. The molecule has 0 radical (unpaired) electrons. The van der Waals surface area contributed by atoms with Crippen LogP contribution < -0.4 is 9.83 Å². The largest absolute Gasteiger partial charge is 0.440 e. The quantitative estimate of drug-likeness (QED) is 0.308. The fraction of sp³-hybridized carbons (Fsp3) is 0.455. The Morgan fingerprint density at radius 1 is 0.720 bits per heavy atom. The summed E-state index contributed by atoms with van der Waals surface area (Å²) in [6, 6.07) is 19.2. The molecule has 25 heavy (non-hydrogen) atoms. The van der Waals surface area contributed by atoms with E-state index in [0.717, 1.165) is 18.1 Å². The lowest BCUT2D eigenvalue weighted by atomic mass is 10.1. The highest BCUT2D eigenvalue weighted by Crippen LogP contribution is 2.46. The van der Waals surface area contributed by atoms with Crippen molar-refractivity contribution in [3.05, 3.63) is 60.7 Å². The van der Waals surface area contributed by atoms with Crippen LogP contribution in [0.15, 0.2) is 60.7 Å². The molecule has 0 fully saturated rings. The van der Waals surface area contributed by atoms with Crippen molar-refractivity contribution < 1.29 is 9.09 Å². The predicted octanol–water partition coefficient (Wildman–Crippen LogP) is 6.81. The molecule has 1 unspecified atom stereocenters. The number of hydrogen-bond acceptors (Lipinski definition) is 2. The molecule has 1 atom stereocenters. The molecule has 3 heteroatoms. The molecular weight excluding hydrogens is 327 g/mol. The highest BCUT2D eigenvalue weighted by atomic mass is 31.2. The van der Waals surface area contributed by atoms with Crippen molar-refractivity contribution in [2.45, 2.75) is 58.3 Å². The van der Waals surface area contributed by atoms with Crippen LogP contribution in [0.4, 0.5) is 0 Å². The van der Waals surface area contributed by atoms with Gasteiger partial charge in [-0.15, -0.1) is 0 Å². The normalized spacial score (nSPS) is 13.3. The molecule has 0 heterocycles. The van der Waals surface area contributed by atoms with E-state index in [-0.39, 0.29) is 0 Å². The summed E-state index contributed by atoms with van der Waals surface area (Å²) >= 11 is 0. The zero-order valence-electron chi connectivity index (χ0n) is 15.4. The molecule has 0 aliphatic heterocycles. The molecule has 136 valence electrons. The van der Waals surface area contributed by atoms with E-state index in [9.17, 15) is 4.57 Å². The molecule has 2 nitrogen and oxygen atoms in total. The van der Waals surface area contributed by atoms with Crippen LogP contribution in [0.2, 0.25) is 0 Å². The van der Waals surface area contributed by atoms with Crippen LogP contribution in [-0.2, 0) is 4.57 Å². The predicted molar refractivity (Wildman–Crippen MR) is 108 cm³/mol. The highest BCUT2D eigenvalue weighted by Gasteiger charge is 2.26. The average molecular weight is 358 g/mol. The van der Waals surface area contributed by atoms with E-state index in [1.807, 2.05) is 60.7 Å². The van der Waals surface area contributed by atoms with Gasteiger partial charge in [0.15, 0.2) is 0 Å². The Bertz CT molecular complexity index is 625. The summed E-state index contributed by atoms with van der Waals surface area (Å²) < 4.78 is 19.5. The minimum atomic E-state index is -2.86. The number of benzene rings is 2. The van der Waals surface area contributed by atoms with Crippen LogP contribution >= 0.6 is 7.37 Å². The van der Waals surface area contributed by atoms with E-state index in [0.29, 0.717) is 11.9 Å². The van der Waals surface area contributed by atoms with E-state index in [2.05, 4.69) is 6.92 Å². The van der Waals surface area contributed by atoms with E-state index in [1.165, 1.54) is 38.5 Å². The second-order valence-electron chi connectivity index (χ2n) is 6.61. The summed E-state index contributed by atoms with van der Waals surface area (Å²) in [6.07, 6.45) is 10.5. The summed E-state index contributed by atoms with van der Waals surface area (Å²) in [5.41, 5.74) is 0. The Balaban J connectivity index is 1.89. The molecule has 0 aromatic heterocycles. The van der Waals surface area contributed by atoms with Crippen LogP contribution in [0.1, 0.15) is 58.3 Å². The third kappa shape index (κ3) is 7.08. The first-order chi connectivity index (χ1) is 12.2. The van der Waals surface area contributed by atoms with Gasteiger partial charge >= 0.3 is 0 Å². The SMILES string of the molecule is CCCCCCCCCCP(=O)(Oc1ccccc1)c1ccccc1. The first-order valence-corrected chi connectivity index (χ1v) is 11.4. The Morgan fingerprint density at radius 3 is 1.84 bits per heavy atom. The van der Waals surface area contributed by atoms with Gasteiger partial charge in [0.05, 0.1) is 0 Å². The van der Waals surface area contributed by atoms with E-state index >= 15 is 0 Å². The molecule has 2 rings (SSSR count). The van der Waals surface area contributed by atoms with Crippen molar-refractivity contribution in [1.29, 1.82) is 0 Å². The number of hydrogen-bond donors (Lipinski definition) is 0. The molecule has 2 aromatic carbocycles. The summed E-state index contributed by atoms with van der Waals surface area (Å²) in [6.45, 7) is 2.24. The maximum Gasteiger partial charge on any atom is 0.277 e. The molecule has 0 N–H and O–H groups in total. The van der Waals surface area contributed by atoms with Gasteiger partial charge in [0.1, 0.15) is 5.75 Å². The number of unbranched alkanes of at least 4 members (excludes halogenated alkanes) is 7. The summed E-state index contributed by atoms with van der Waals surface area (Å²) in [4.78, 5) is 0. The van der Waals surface area contributed by atoms with Crippen molar-refractivity contribution in [1.82, 2.24) is 0 Å². The maximum absolute atomic E-state index is 13.5. The molecule has 0 aliphatic rings. The van der Waals surface area contributed by atoms with E-state index in [4.69, 9.17) is 4.52 Å². The van der Waals surface area contributed by atoms with Crippen molar-refractivity contribution in [2.24, 2.45) is 0 Å². The van der Waals surface area contributed by atoms with E-state index < -0.39 is 7.37 Å². The number of para-hydroxylation sites is 1. The smallest absolute Gasteiger partial charge is 0.277 e. The van der Waals surface area contributed by atoms with Gasteiger partial charge in [0.2, 0.25) is 0 Å². The third-order valence-electron chi connectivity index (χ3n) is 4.45. The van der Waals surface area contributed by atoms with Gasteiger partial charge in [0.25, 0.3) is 7.37 Å². The Labute approximate surface area is 153 Å². The van der Waals surface area contributed by atoms with Crippen molar-refractivity contribution in [3.63, 3.8) is 0 Å². The number of rotatable bonds is 12. The van der Waals surface area contributed by atoms with Gasteiger partial charge < -0.3 is 4.52 Å². The fourth-order valence-electron chi connectivity index (χ4n) is 2.99. The van der Waals surface area contributed by atoms with Crippen LogP contribution in [0.3, 0.4) is 0 Å². The van der Waals surface area contributed by atoms with Crippen LogP contribution in [0.5, 0.6) is 5.75 Å². The molecule has 2 aromatic rings. The molecular formula is C22H31O2P. The standard InChI is InChI=1S/C22H31O2P/c1-2-3-4-5-6-7-8-15-20-25(23,22-18-13-10-14-19-22)24-21-16-11-9-12-17-21/h9-14,16-19H,2-8,15,20H2,1H3. The second-order valence-corrected chi connectivity index (χ2v) is 9.10. The van der Waals surface area contributed by atoms with Crippen LogP contribution in [0.25, 0.3) is 0 Å². The molecule has 0 spiro atoms. The zero-order valence-corrected chi connectivity index (χ0v) is 16.3. The van der Waals surface area contributed by atoms with Crippen LogP contribution in [0, 0.1) is 0 Å². The van der Waals surface area contributed by atoms with Crippen molar-refractivity contribution in [2.75, 3.05) is 6.16 Å². The lowest BCUT2D eigenvalue weighted by Gasteiger charge is -2.20. The van der Waals surface area contributed by atoms with Crippen LogP contribution in [-0.4, -0.2) is 6.16 Å². The van der Waals surface area contributed by atoms with Gasteiger partial charge in [-0.05, 0) is 30.7 Å². The summed E-state index contributed by atoms with van der Waals surface area (Å²) in [5, 5.41) is 0.821. The van der Waals surface area contributed by atoms with Gasteiger partial charge in [-0.25, -0.2) is 0 Å². The Morgan fingerprint density at radius 2 is 1.24 bits per heavy atom. The Hall–Kier alpha value is -1.53. The highest BCUT2D eigenvalue weighted by molar-refractivity contribution is 7.67. The monoisotopic (exact) mass is 358 g/mol. The van der Waals surface area contributed by atoms with Gasteiger partial charge in [-0.3, -0.25) is 4.57 Å². The zero-order chi connectivity index (χ0) is 17.8. The first-order valence-electron chi connectivity index (χ1n) is 9.64. The summed E-state index contributed by atoms with van der Waals surface area (Å²) in [5.74, 6) is 0.689. The second kappa shape index (κ2) is 11.2.